The molecule has 150 valence electrons. The molecule has 1 unspecified atom stereocenters. The smallest absolute Gasteiger partial charge is 0.228 e. The van der Waals surface area contributed by atoms with Crippen LogP contribution in [0.2, 0.25) is 0 Å². The van der Waals surface area contributed by atoms with E-state index in [1.54, 1.807) is 0 Å². The summed E-state index contributed by atoms with van der Waals surface area (Å²) in [7, 11) is 0. The molecule has 5 nitrogen and oxygen atoms in total. The zero-order chi connectivity index (χ0) is 20.9. The van der Waals surface area contributed by atoms with Crippen LogP contribution in [0.4, 0.5) is 5.13 Å². The van der Waals surface area contributed by atoms with Crippen molar-refractivity contribution in [2.75, 3.05) is 5.32 Å². The Hall–Kier alpha value is -3.51. The van der Waals surface area contributed by atoms with Crippen molar-refractivity contribution in [1.82, 2.24) is 10.3 Å². The average molecular weight is 416 g/mol. The van der Waals surface area contributed by atoms with Crippen LogP contribution < -0.4 is 10.6 Å². The second-order valence-corrected chi connectivity index (χ2v) is 7.87. The highest BCUT2D eigenvalue weighted by Gasteiger charge is 2.18. The summed E-state index contributed by atoms with van der Waals surface area (Å²) in [5.41, 5.74) is 2.72. The van der Waals surface area contributed by atoms with Gasteiger partial charge in [-0.3, -0.25) is 9.59 Å². The second kappa shape index (κ2) is 8.88. The van der Waals surface area contributed by atoms with Crippen LogP contribution in [-0.4, -0.2) is 16.8 Å². The summed E-state index contributed by atoms with van der Waals surface area (Å²) in [6, 6.07) is 23.5. The van der Waals surface area contributed by atoms with Gasteiger partial charge in [0.2, 0.25) is 11.8 Å². The molecule has 1 heterocycles. The van der Waals surface area contributed by atoms with Gasteiger partial charge < -0.3 is 10.6 Å². The van der Waals surface area contributed by atoms with Crippen molar-refractivity contribution in [3.8, 4) is 11.3 Å². The van der Waals surface area contributed by atoms with Crippen LogP contribution in [0.15, 0.2) is 78.2 Å². The zero-order valence-electron chi connectivity index (χ0n) is 16.5. The van der Waals surface area contributed by atoms with E-state index < -0.39 is 0 Å². The van der Waals surface area contributed by atoms with Gasteiger partial charge in [0.05, 0.1) is 18.2 Å². The summed E-state index contributed by atoms with van der Waals surface area (Å²) in [6.07, 6.45) is 0.133. The third-order valence-corrected chi connectivity index (χ3v) is 5.52. The number of fused-ring (bicyclic) bond motifs is 1. The fraction of sp³-hybridized carbons (Fsp3) is 0.125. The molecule has 3 aromatic carbocycles. The molecule has 2 N–H and O–H groups in total. The zero-order valence-corrected chi connectivity index (χ0v) is 17.3. The van der Waals surface area contributed by atoms with Crippen molar-refractivity contribution < 1.29 is 9.59 Å². The molecule has 0 fully saturated rings. The first-order valence-corrected chi connectivity index (χ1v) is 10.5. The molecule has 0 spiro atoms. The number of anilines is 1. The molecular formula is C24H21N3O2S. The van der Waals surface area contributed by atoms with Crippen molar-refractivity contribution in [3.05, 3.63) is 83.7 Å². The third kappa shape index (κ3) is 4.72. The van der Waals surface area contributed by atoms with Gasteiger partial charge >= 0.3 is 0 Å². The van der Waals surface area contributed by atoms with Crippen molar-refractivity contribution in [2.24, 2.45) is 0 Å². The lowest BCUT2D eigenvalue weighted by Crippen LogP contribution is -2.29. The molecule has 0 saturated heterocycles. The van der Waals surface area contributed by atoms with Gasteiger partial charge in [0.25, 0.3) is 0 Å². The summed E-state index contributed by atoms with van der Waals surface area (Å²) < 4.78 is 0. The normalized spacial score (nSPS) is 11.8. The Morgan fingerprint density at radius 2 is 1.70 bits per heavy atom. The molecule has 0 aliphatic heterocycles. The van der Waals surface area contributed by atoms with E-state index in [0.29, 0.717) is 5.13 Å². The number of nitrogens with zero attached hydrogens (tertiary/aromatic N) is 1. The number of hydrogen-bond acceptors (Lipinski definition) is 4. The molecular weight excluding hydrogens is 394 g/mol. The van der Waals surface area contributed by atoms with Crippen molar-refractivity contribution >= 4 is 39.1 Å². The van der Waals surface area contributed by atoms with Crippen LogP contribution in [-0.2, 0) is 9.59 Å². The molecule has 0 aliphatic rings. The van der Waals surface area contributed by atoms with Gasteiger partial charge in [-0.05, 0) is 22.4 Å². The lowest BCUT2D eigenvalue weighted by molar-refractivity contribution is -0.120. The van der Waals surface area contributed by atoms with Crippen LogP contribution in [0.1, 0.15) is 24.9 Å². The minimum Gasteiger partial charge on any atom is -0.349 e. The SMILES string of the molecule is CC(=O)NC(CC(=O)Nc1nc(-c2ccc3ccccc3c2)cs1)c1ccccc1. The second-order valence-electron chi connectivity index (χ2n) is 7.02. The van der Waals surface area contributed by atoms with Crippen LogP contribution in [0.25, 0.3) is 22.0 Å². The van der Waals surface area contributed by atoms with E-state index in [4.69, 9.17) is 0 Å². The summed E-state index contributed by atoms with van der Waals surface area (Å²) in [5.74, 6) is -0.374. The van der Waals surface area contributed by atoms with Crippen LogP contribution >= 0.6 is 11.3 Å². The standard InChI is InChI=1S/C24H21N3O2S/c1-16(28)25-21(18-8-3-2-4-9-18)14-23(29)27-24-26-22(15-30-24)20-12-11-17-7-5-6-10-19(17)13-20/h2-13,15,21H,14H2,1H3,(H,25,28)(H,26,27,29). The number of rotatable bonds is 6. The molecule has 0 radical (unpaired) electrons. The lowest BCUT2D eigenvalue weighted by atomic mass is 10.0. The molecule has 4 rings (SSSR count). The van der Waals surface area contributed by atoms with Crippen molar-refractivity contribution in [3.63, 3.8) is 0 Å². The van der Waals surface area contributed by atoms with Gasteiger partial charge in [-0.15, -0.1) is 11.3 Å². The maximum atomic E-state index is 12.6. The minimum absolute atomic E-state index is 0.133. The highest BCUT2D eigenvalue weighted by Crippen LogP contribution is 2.28. The summed E-state index contributed by atoms with van der Waals surface area (Å²) >= 11 is 1.38. The van der Waals surface area contributed by atoms with Crippen molar-refractivity contribution in [2.45, 2.75) is 19.4 Å². The van der Waals surface area contributed by atoms with Gasteiger partial charge in [0, 0.05) is 17.9 Å². The predicted octanol–water partition coefficient (Wildman–Crippen LogP) is 5.17. The van der Waals surface area contributed by atoms with E-state index in [-0.39, 0.29) is 24.3 Å². The molecule has 1 aromatic heterocycles. The number of aromatic nitrogens is 1. The average Bonchev–Trinajstić information content (AvgIpc) is 3.21. The topological polar surface area (TPSA) is 71.1 Å². The fourth-order valence-electron chi connectivity index (χ4n) is 3.35. The van der Waals surface area contributed by atoms with E-state index in [0.717, 1.165) is 22.2 Å². The summed E-state index contributed by atoms with van der Waals surface area (Å²) in [4.78, 5) is 28.7. The largest absolute Gasteiger partial charge is 0.349 e. The Labute approximate surface area is 178 Å². The number of hydrogen-bond donors (Lipinski definition) is 2. The monoisotopic (exact) mass is 415 g/mol. The number of amides is 2. The van der Waals surface area contributed by atoms with Gasteiger partial charge in [-0.2, -0.15) is 0 Å². The van der Waals surface area contributed by atoms with E-state index in [2.05, 4.69) is 39.9 Å². The molecule has 30 heavy (non-hydrogen) atoms. The lowest BCUT2D eigenvalue weighted by Gasteiger charge is -2.17. The number of nitrogens with one attached hydrogen (secondary N) is 2. The molecule has 4 aromatic rings. The Bertz CT molecular complexity index is 1190. The molecule has 1 atom stereocenters. The summed E-state index contributed by atoms with van der Waals surface area (Å²) in [5, 5.41) is 10.5. The number of thiazole rings is 1. The number of carbonyl (C=O) groups is 2. The Kier molecular flexibility index (Phi) is 5.86. The van der Waals surface area contributed by atoms with Gasteiger partial charge in [-0.25, -0.2) is 4.98 Å². The van der Waals surface area contributed by atoms with Crippen LogP contribution in [0.3, 0.4) is 0 Å². The first-order chi connectivity index (χ1) is 14.6. The fourth-order valence-corrected chi connectivity index (χ4v) is 4.09. The maximum Gasteiger partial charge on any atom is 0.228 e. The maximum absolute atomic E-state index is 12.6. The van der Waals surface area contributed by atoms with E-state index in [1.165, 1.54) is 23.6 Å². The predicted molar refractivity (Wildman–Crippen MR) is 121 cm³/mol. The Morgan fingerprint density at radius 3 is 2.47 bits per heavy atom. The van der Waals surface area contributed by atoms with E-state index in [9.17, 15) is 9.59 Å². The minimum atomic E-state index is -0.386. The van der Waals surface area contributed by atoms with Gasteiger partial charge in [0.15, 0.2) is 5.13 Å². The molecule has 6 heteroatoms. The molecule has 2 amide bonds. The van der Waals surface area contributed by atoms with Gasteiger partial charge in [0.1, 0.15) is 0 Å². The van der Waals surface area contributed by atoms with Crippen LogP contribution in [0, 0.1) is 0 Å². The van der Waals surface area contributed by atoms with E-state index >= 15 is 0 Å². The van der Waals surface area contributed by atoms with Crippen LogP contribution in [0.5, 0.6) is 0 Å². The highest BCUT2D eigenvalue weighted by atomic mass is 32.1. The number of carbonyl (C=O) groups excluding carboxylic acids is 2. The quantitative estimate of drug-likeness (QED) is 0.456. The first kappa shape index (κ1) is 19.8. The first-order valence-electron chi connectivity index (χ1n) is 9.65. The number of benzene rings is 3. The van der Waals surface area contributed by atoms with E-state index in [1.807, 2.05) is 53.9 Å². The molecule has 0 saturated carbocycles. The molecule has 0 aliphatic carbocycles. The Morgan fingerprint density at radius 1 is 0.967 bits per heavy atom. The third-order valence-electron chi connectivity index (χ3n) is 4.76. The Balaban J connectivity index is 1.47. The van der Waals surface area contributed by atoms with Crippen molar-refractivity contribution in [1.29, 1.82) is 0 Å². The van der Waals surface area contributed by atoms with Gasteiger partial charge in [-0.1, -0.05) is 66.7 Å². The highest BCUT2D eigenvalue weighted by molar-refractivity contribution is 7.14. The molecule has 0 bridgehead atoms. The summed E-state index contributed by atoms with van der Waals surface area (Å²) in [6.45, 7) is 1.45.